The smallest absolute Gasteiger partial charge is 0.219 e. The number of aliphatic hydroxyl groups is 1. The predicted molar refractivity (Wildman–Crippen MR) is 130 cm³/mol. The van der Waals surface area contributed by atoms with Crippen LogP contribution in [-0.4, -0.2) is 69.1 Å². The van der Waals surface area contributed by atoms with Gasteiger partial charge in [0.05, 0.1) is 11.8 Å². The zero-order valence-electron chi connectivity index (χ0n) is 19.5. The van der Waals surface area contributed by atoms with Gasteiger partial charge in [0.1, 0.15) is 5.82 Å². The second-order valence-corrected chi connectivity index (χ2v) is 9.55. The first-order chi connectivity index (χ1) is 16.5. The lowest BCUT2D eigenvalue weighted by Crippen LogP contribution is -2.44. The van der Waals surface area contributed by atoms with E-state index in [2.05, 4.69) is 20.9 Å². The number of nitrogens with zero attached hydrogens (tertiary/aromatic N) is 3. The lowest BCUT2D eigenvalue weighted by atomic mass is 9.92. The Balaban J connectivity index is 1.32. The molecular weight excluding hydrogens is 431 g/mol. The fourth-order valence-electron chi connectivity index (χ4n) is 5.47. The van der Waals surface area contributed by atoms with Gasteiger partial charge in [0.2, 0.25) is 5.91 Å². The van der Waals surface area contributed by atoms with Crippen LogP contribution in [0.2, 0.25) is 0 Å². The number of carbonyl (C=O) groups is 1. The average molecular weight is 463 g/mol. The molecular formula is C27H31FN4O2. The minimum Gasteiger partial charge on any atom is -0.391 e. The fraction of sp³-hybridized carbons (Fsp3) is 0.407. The van der Waals surface area contributed by atoms with E-state index in [0.29, 0.717) is 18.9 Å². The summed E-state index contributed by atoms with van der Waals surface area (Å²) < 4.78 is 13.5. The molecule has 1 amide bonds. The van der Waals surface area contributed by atoms with E-state index in [1.807, 2.05) is 29.2 Å². The molecule has 2 fully saturated rings. The highest BCUT2D eigenvalue weighted by Gasteiger charge is 2.34. The summed E-state index contributed by atoms with van der Waals surface area (Å²) in [5.41, 5.74) is 5.34. The molecule has 2 aliphatic heterocycles. The van der Waals surface area contributed by atoms with Gasteiger partial charge in [-0.25, -0.2) is 4.39 Å². The average Bonchev–Trinajstić information content (AvgIpc) is 3.45. The van der Waals surface area contributed by atoms with Crippen LogP contribution in [0.15, 0.2) is 54.9 Å². The predicted octanol–water partition coefficient (Wildman–Crippen LogP) is 4.04. The number of hydrogen-bond acceptors (Lipinski definition) is 4. The van der Waals surface area contributed by atoms with Gasteiger partial charge in [-0.3, -0.25) is 9.78 Å². The highest BCUT2D eigenvalue weighted by Crippen LogP contribution is 2.37. The van der Waals surface area contributed by atoms with Gasteiger partial charge in [-0.05, 0) is 85.9 Å². The van der Waals surface area contributed by atoms with Crippen LogP contribution in [-0.2, 0) is 4.79 Å². The minimum absolute atomic E-state index is 0.0415. The van der Waals surface area contributed by atoms with Crippen molar-refractivity contribution in [2.45, 2.75) is 44.2 Å². The molecule has 2 aromatic heterocycles. The number of aromatic amines is 1. The van der Waals surface area contributed by atoms with Gasteiger partial charge in [0.15, 0.2) is 0 Å². The number of nitrogens with one attached hydrogen (secondary N) is 1. The van der Waals surface area contributed by atoms with Crippen LogP contribution in [0.25, 0.3) is 22.4 Å². The number of pyridine rings is 1. The van der Waals surface area contributed by atoms with E-state index in [4.69, 9.17) is 0 Å². The minimum atomic E-state index is -0.415. The molecule has 34 heavy (non-hydrogen) atoms. The van der Waals surface area contributed by atoms with Crippen molar-refractivity contribution in [3.63, 3.8) is 0 Å². The lowest BCUT2D eigenvalue weighted by Gasteiger charge is -2.35. The number of β-amino-alcohol motifs (C(OH)–C–C–N with tert-alkyl or cyclic N) is 1. The SMILES string of the molecule is CC(=O)N1C[C@H](O)C[C@H]1CN1CCC(c2cc(-c3ccncc3)c(-c3ccc(F)cc3)[nH]2)CC1. The molecule has 4 heterocycles. The van der Waals surface area contributed by atoms with E-state index < -0.39 is 6.10 Å². The third-order valence-electron chi connectivity index (χ3n) is 7.26. The number of rotatable bonds is 5. The number of aromatic nitrogens is 2. The number of aliphatic hydroxyl groups excluding tert-OH is 1. The molecule has 0 aliphatic carbocycles. The molecule has 178 valence electrons. The fourth-order valence-corrected chi connectivity index (χ4v) is 5.47. The van der Waals surface area contributed by atoms with Crippen molar-refractivity contribution in [2.24, 2.45) is 0 Å². The molecule has 3 aromatic rings. The molecule has 2 atom stereocenters. The van der Waals surface area contributed by atoms with Gasteiger partial charge in [0.25, 0.3) is 0 Å². The van der Waals surface area contributed by atoms with E-state index in [1.54, 1.807) is 19.3 Å². The maximum absolute atomic E-state index is 13.5. The van der Waals surface area contributed by atoms with Crippen molar-refractivity contribution in [1.82, 2.24) is 19.8 Å². The summed E-state index contributed by atoms with van der Waals surface area (Å²) in [4.78, 5) is 24.0. The third kappa shape index (κ3) is 4.76. The Bertz CT molecular complexity index is 1120. The van der Waals surface area contributed by atoms with Crippen molar-refractivity contribution in [2.75, 3.05) is 26.2 Å². The summed E-state index contributed by atoms with van der Waals surface area (Å²) in [6, 6.07) is 12.9. The first-order valence-corrected chi connectivity index (χ1v) is 12.0. The van der Waals surface area contributed by atoms with Crippen LogP contribution in [0.1, 0.15) is 37.8 Å². The molecule has 2 N–H and O–H groups in total. The number of H-pyrrole nitrogens is 1. The molecule has 0 unspecified atom stereocenters. The third-order valence-corrected chi connectivity index (χ3v) is 7.26. The Kier molecular flexibility index (Phi) is 6.48. The van der Waals surface area contributed by atoms with Crippen LogP contribution in [0, 0.1) is 5.82 Å². The number of benzene rings is 1. The van der Waals surface area contributed by atoms with Gasteiger partial charge in [-0.1, -0.05) is 0 Å². The van der Waals surface area contributed by atoms with Crippen LogP contribution >= 0.6 is 0 Å². The van der Waals surface area contributed by atoms with Crippen molar-refractivity contribution >= 4 is 5.91 Å². The zero-order chi connectivity index (χ0) is 23.7. The number of amides is 1. The highest BCUT2D eigenvalue weighted by atomic mass is 19.1. The molecule has 2 aliphatic rings. The van der Waals surface area contributed by atoms with Crippen LogP contribution < -0.4 is 0 Å². The molecule has 0 bridgehead atoms. The maximum Gasteiger partial charge on any atom is 0.219 e. The molecule has 1 aromatic carbocycles. The zero-order valence-corrected chi connectivity index (χ0v) is 19.5. The second-order valence-electron chi connectivity index (χ2n) is 9.55. The largest absolute Gasteiger partial charge is 0.391 e. The van der Waals surface area contributed by atoms with E-state index in [-0.39, 0.29) is 17.8 Å². The van der Waals surface area contributed by atoms with Gasteiger partial charge < -0.3 is 19.9 Å². The molecule has 6 nitrogen and oxygen atoms in total. The molecule has 5 rings (SSSR count). The summed E-state index contributed by atoms with van der Waals surface area (Å²) in [5, 5.41) is 10.0. The molecule has 0 saturated carbocycles. The quantitative estimate of drug-likeness (QED) is 0.600. The number of carbonyl (C=O) groups excluding carboxylic acids is 1. The molecule has 2 saturated heterocycles. The van der Waals surface area contributed by atoms with Gasteiger partial charge in [-0.2, -0.15) is 0 Å². The second kappa shape index (κ2) is 9.68. The highest BCUT2D eigenvalue weighted by molar-refractivity contribution is 5.82. The lowest BCUT2D eigenvalue weighted by molar-refractivity contribution is -0.130. The summed E-state index contributed by atoms with van der Waals surface area (Å²) in [7, 11) is 0. The Morgan fingerprint density at radius 3 is 2.50 bits per heavy atom. The Labute approximate surface area is 199 Å². The van der Waals surface area contributed by atoms with Gasteiger partial charge >= 0.3 is 0 Å². The molecule has 0 spiro atoms. The van der Waals surface area contributed by atoms with Crippen molar-refractivity contribution in [3.05, 3.63) is 66.4 Å². The van der Waals surface area contributed by atoms with Crippen LogP contribution in [0.3, 0.4) is 0 Å². The first kappa shape index (κ1) is 22.7. The standard InChI is InChI=1S/C27H31FN4O2/c1-18(33)32-17-24(34)14-23(32)16-31-12-8-20(9-13-31)26-15-25(19-6-10-29-11-7-19)27(30-26)21-2-4-22(28)5-3-21/h2-7,10-11,15,20,23-24,30,34H,8-9,12-14,16-17H2,1H3/t23-,24+/m0/s1. The van der Waals surface area contributed by atoms with Crippen molar-refractivity contribution in [3.8, 4) is 22.4 Å². The molecule has 7 heteroatoms. The topological polar surface area (TPSA) is 72.5 Å². The van der Waals surface area contributed by atoms with E-state index in [1.165, 1.54) is 17.8 Å². The van der Waals surface area contributed by atoms with Gasteiger partial charge in [0, 0.05) is 55.6 Å². The van der Waals surface area contributed by atoms with Crippen LogP contribution in [0.4, 0.5) is 4.39 Å². The van der Waals surface area contributed by atoms with E-state index in [9.17, 15) is 14.3 Å². The van der Waals surface area contributed by atoms with Crippen molar-refractivity contribution in [1.29, 1.82) is 0 Å². The summed E-state index contributed by atoms with van der Waals surface area (Å²) in [5.74, 6) is 0.204. The number of halogens is 1. The summed E-state index contributed by atoms with van der Waals surface area (Å²) in [6.07, 6.45) is 5.87. The molecule has 0 radical (unpaired) electrons. The van der Waals surface area contributed by atoms with Gasteiger partial charge in [-0.15, -0.1) is 0 Å². The summed E-state index contributed by atoms with van der Waals surface area (Å²) >= 11 is 0. The summed E-state index contributed by atoms with van der Waals surface area (Å²) in [6.45, 7) is 4.76. The monoisotopic (exact) mass is 462 g/mol. The Morgan fingerprint density at radius 1 is 1.12 bits per heavy atom. The first-order valence-electron chi connectivity index (χ1n) is 12.0. The normalized spacial score (nSPS) is 21.8. The number of piperidine rings is 1. The number of hydrogen-bond donors (Lipinski definition) is 2. The van der Waals surface area contributed by atoms with Crippen molar-refractivity contribution < 1.29 is 14.3 Å². The Hall–Kier alpha value is -3.03. The van der Waals surface area contributed by atoms with E-state index >= 15 is 0 Å². The van der Waals surface area contributed by atoms with Crippen LogP contribution in [0.5, 0.6) is 0 Å². The maximum atomic E-state index is 13.5. The Morgan fingerprint density at radius 2 is 1.82 bits per heavy atom. The van der Waals surface area contributed by atoms with E-state index in [0.717, 1.165) is 54.9 Å². The number of likely N-dealkylation sites (tertiary alicyclic amines) is 2.